The van der Waals surface area contributed by atoms with E-state index in [0.29, 0.717) is 17.1 Å². The predicted molar refractivity (Wildman–Crippen MR) is 122 cm³/mol. The Balaban J connectivity index is 1.44. The molecule has 31 heavy (non-hydrogen) atoms. The van der Waals surface area contributed by atoms with Crippen LogP contribution in [-0.4, -0.2) is 33.0 Å². The van der Waals surface area contributed by atoms with Crippen LogP contribution in [0.1, 0.15) is 31.2 Å². The molecule has 4 aromatic rings. The van der Waals surface area contributed by atoms with Gasteiger partial charge in [-0.3, -0.25) is 0 Å². The number of nitrogens with one attached hydrogen (secondary N) is 1. The molecule has 158 valence electrons. The van der Waals surface area contributed by atoms with Crippen molar-refractivity contribution in [1.82, 2.24) is 19.9 Å². The quantitative estimate of drug-likeness (QED) is 0.450. The normalized spacial score (nSPS) is 15.0. The van der Waals surface area contributed by atoms with Gasteiger partial charge in [-0.05, 0) is 48.6 Å². The van der Waals surface area contributed by atoms with E-state index in [1.165, 1.54) is 25.0 Å². The largest absolute Gasteiger partial charge is 0.357 e. The van der Waals surface area contributed by atoms with Crippen LogP contribution in [0.3, 0.4) is 0 Å². The molecule has 1 aromatic carbocycles. The molecule has 0 radical (unpaired) electrons. The Labute approximate surface area is 185 Å². The molecule has 0 aliphatic carbocycles. The van der Waals surface area contributed by atoms with Gasteiger partial charge in [-0.1, -0.05) is 30.7 Å². The molecule has 0 spiro atoms. The van der Waals surface area contributed by atoms with E-state index in [1.54, 1.807) is 18.5 Å². The van der Waals surface area contributed by atoms with Gasteiger partial charge in [0.05, 0.1) is 5.02 Å². The molecule has 1 aliphatic rings. The zero-order valence-corrected chi connectivity index (χ0v) is 18.0. The number of pyridine rings is 2. The maximum Gasteiger partial charge on any atom is 0.157 e. The van der Waals surface area contributed by atoms with E-state index in [1.807, 2.05) is 18.2 Å². The van der Waals surface area contributed by atoms with Gasteiger partial charge in [0.25, 0.3) is 0 Å². The van der Waals surface area contributed by atoms with Crippen LogP contribution >= 0.6 is 11.6 Å². The molecule has 7 heteroatoms. The standard InChI is InChI=1S/C24H23ClFN5/c1-15-5-7-31(8-6-15)23-12-19(20(25)14-27-23)17-11-21-24(28-13-17)30-22(29-21)10-16-3-2-4-18(26)9-16/h2-4,9,11-15H,5-8,10H2,1H3,(H,28,29,30). The highest BCUT2D eigenvalue weighted by atomic mass is 35.5. The highest BCUT2D eigenvalue weighted by molar-refractivity contribution is 6.33. The number of imidazole rings is 1. The van der Waals surface area contributed by atoms with Crippen molar-refractivity contribution in [3.8, 4) is 11.1 Å². The van der Waals surface area contributed by atoms with Gasteiger partial charge in [0.15, 0.2) is 5.65 Å². The van der Waals surface area contributed by atoms with Gasteiger partial charge in [-0.15, -0.1) is 0 Å². The Morgan fingerprint density at radius 3 is 2.77 bits per heavy atom. The van der Waals surface area contributed by atoms with Gasteiger partial charge in [-0.25, -0.2) is 19.3 Å². The van der Waals surface area contributed by atoms with Crippen molar-refractivity contribution in [3.63, 3.8) is 0 Å². The highest BCUT2D eigenvalue weighted by Gasteiger charge is 2.18. The van der Waals surface area contributed by atoms with Gasteiger partial charge < -0.3 is 9.88 Å². The van der Waals surface area contributed by atoms with Crippen molar-refractivity contribution in [2.45, 2.75) is 26.2 Å². The third-order valence-electron chi connectivity index (χ3n) is 5.91. The molecule has 4 heterocycles. The second kappa shape index (κ2) is 8.27. The topological polar surface area (TPSA) is 57.7 Å². The summed E-state index contributed by atoms with van der Waals surface area (Å²) < 4.78 is 13.5. The molecule has 3 aromatic heterocycles. The van der Waals surface area contributed by atoms with Gasteiger partial charge in [0.1, 0.15) is 23.0 Å². The average molecular weight is 436 g/mol. The summed E-state index contributed by atoms with van der Waals surface area (Å²) in [5.41, 5.74) is 4.11. The van der Waals surface area contributed by atoms with Crippen molar-refractivity contribution in [1.29, 1.82) is 0 Å². The summed E-state index contributed by atoms with van der Waals surface area (Å²) in [5.74, 6) is 2.20. The Bertz CT molecular complexity index is 1230. The van der Waals surface area contributed by atoms with Crippen molar-refractivity contribution >= 4 is 28.6 Å². The lowest BCUT2D eigenvalue weighted by Crippen LogP contribution is -2.33. The van der Waals surface area contributed by atoms with Crippen molar-refractivity contribution in [2.75, 3.05) is 18.0 Å². The van der Waals surface area contributed by atoms with Crippen molar-refractivity contribution in [3.05, 3.63) is 71.0 Å². The first kappa shape index (κ1) is 19.9. The number of anilines is 1. The van der Waals surface area contributed by atoms with E-state index >= 15 is 0 Å². The SMILES string of the molecule is CC1CCN(c2cc(-c3cnc4[nH]c(Cc5cccc(F)c5)nc4c3)c(Cl)cn2)CC1. The third kappa shape index (κ3) is 4.26. The first-order chi connectivity index (χ1) is 15.0. The van der Waals surface area contributed by atoms with Crippen LogP contribution in [0.25, 0.3) is 22.3 Å². The number of aromatic nitrogens is 4. The molecule has 5 nitrogen and oxygen atoms in total. The van der Waals surface area contributed by atoms with Crippen LogP contribution in [-0.2, 0) is 6.42 Å². The summed E-state index contributed by atoms with van der Waals surface area (Å²) in [6.45, 7) is 4.32. The minimum absolute atomic E-state index is 0.250. The molecule has 0 saturated carbocycles. The summed E-state index contributed by atoms with van der Waals surface area (Å²) in [5, 5.41) is 0.589. The number of halogens is 2. The maximum absolute atomic E-state index is 13.5. The summed E-state index contributed by atoms with van der Waals surface area (Å²) >= 11 is 6.50. The zero-order valence-electron chi connectivity index (χ0n) is 17.3. The third-order valence-corrected chi connectivity index (χ3v) is 6.21. The van der Waals surface area contributed by atoms with Crippen LogP contribution in [0.4, 0.5) is 10.2 Å². The maximum atomic E-state index is 13.5. The Morgan fingerprint density at radius 2 is 1.97 bits per heavy atom. The molecular formula is C24H23ClFN5. The van der Waals surface area contributed by atoms with Crippen LogP contribution in [0.2, 0.25) is 5.02 Å². The lowest BCUT2D eigenvalue weighted by Gasteiger charge is -2.31. The zero-order chi connectivity index (χ0) is 21.4. The van der Waals surface area contributed by atoms with Crippen LogP contribution in [0, 0.1) is 11.7 Å². The lowest BCUT2D eigenvalue weighted by molar-refractivity contribution is 0.436. The van der Waals surface area contributed by atoms with E-state index in [2.05, 4.69) is 31.8 Å². The average Bonchev–Trinajstić information content (AvgIpc) is 3.16. The van der Waals surface area contributed by atoms with Crippen molar-refractivity contribution in [2.24, 2.45) is 5.92 Å². The number of H-pyrrole nitrogens is 1. The van der Waals surface area contributed by atoms with Crippen LogP contribution in [0.5, 0.6) is 0 Å². The number of rotatable bonds is 4. The van der Waals surface area contributed by atoms with Gasteiger partial charge in [0.2, 0.25) is 0 Å². The number of benzene rings is 1. The van der Waals surface area contributed by atoms with E-state index in [9.17, 15) is 4.39 Å². The summed E-state index contributed by atoms with van der Waals surface area (Å²) in [7, 11) is 0. The number of piperidine rings is 1. The van der Waals surface area contributed by atoms with Crippen molar-refractivity contribution < 1.29 is 4.39 Å². The highest BCUT2D eigenvalue weighted by Crippen LogP contribution is 2.32. The summed E-state index contributed by atoms with van der Waals surface area (Å²) in [4.78, 5) is 19.3. The molecule has 5 rings (SSSR count). The molecule has 0 unspecified atom stereocenters. The Morgan fingerprint density at radius 1 is 1.13 bits per heavy atom. The Hall–Kier alpha value is -2.99. The van der Waals surface area contributed by atoms with Crippen LogP contribution in [0.15, 0.2) is 48.8 Å². The fourth-order valence-electron chi connectivity index (χ4n) is 4.08. The smallest absolute Gasteiger partial charge is 0.157 e. The first-order valence-electron chi connectivity index (χ1n) is 10.5. The molecule has 1 N–H and O–H groups in total. The van der Waals surface area contributed by atoms with Gasteiger partial charge in [0, 0.05) is 43.0 Å². The monoisotopic (exact) mass is 435 g/mol. The Kier molecular flexibility index (Phi) is 5.32. The van der Waals surface area contributed by atoms with E-state index in [-0.39, 0.29) is 5.82 Å². The fourth-order valence-corrected chi connectivity index (χ4v) is 4.29. The summed E-state index contributed by atoms with van der Waals surface area (Å²) in [6.07, 6.45) is 6.38. The van der Waals surface area contributed by atoms with Gasteiger partial charge in [-0.2, -0.15) is 0 Å². The number of aromatic amines is 1. The molecule has 1 fully saturated rings. The molecular weight excluding hydrogens is 413 g/mol. The summed E-state index contributed by atoms with van der Waals surface area (Å²) in [6, 6.07) is 10.6. The van der Waals surface area contributed by atoms with Gasteiger partial charge >= 0.3 is 0 Å². The minimum atomic E-state index is -0.250. The molecule has 0 amide bonds. The molecule has 1 saturated heterocycles. The van der Waals surface area contributed by atoms with E-state index in [4.69, 9.17) is 11.6 Å². The number of fused-ring (bicyclic) bond motifs is 1. The van der Waals surface area contributed by atoms with E-state index in [0.717, 1.165) is 52.9 Å². The van der Waals surface area contributed by atoms with Crippen LogP contribution < -0.4 is 4.90 Å². The second-order valence-electron chi connectivity index (χ2n) is 8.27. The molecule has 1 aliphatic heterocycles. The predicted octanol–water partition coefficient (Wildman–Crippen LogP) is 5.64. The molecule has 0 bridgehead atoms. The second-order valence-corrected chi connectivity index (χ2v) is 8.68. The fraction of sp³-hybridized carbons (Fsp3) is 0.292. The molecule has 0 atom stereocenters. The number of hydrogen-bond acceptors (Lipinski definition) is 4. The minimum Gasteiger partial charge on any atom is -0.357 e. The lowest BCUT2D eigenvalue weighted by atomic mass is 9.99. The first-order valence-corrected chi connectivity index (χ1v) is 10.9. The number of nitrogens with zero attached hydrogens (tertiary/aromatic N) is 4. The van der Waals surface area contributed by atoms with E-state index < -0.39 is 0 Å². The number of hydrogen-bond donors (Lipinski definition) is 1.